The van der Waals surface area contributed by atoms with Gasteiger partial charge in [-0.05, 0) is 33.8 Å². The summed E-state index contributed by atoms with van der Waals surface area (Å²) in [5, 5.41) is 10.2. The Morgan fingerprint density at radius 2 is 1.60 bits per heavy atom. The van der Waals surface area contributed by atoms with Gasteiger partial charge in [0.15, 0.2) is 0 Å². The molecule has 0 saturated carbocycles. The third-order valence-electron chi connectivity index (χ3n) is 4.12. The molecule has 1 N–H and O–H groups in total. The van der Waals surface area contributed by atoms with Crippen molar-refractivity contribution in [1.82, 2.24) is 4.98 Å². The molecule has 4 nitrogen and oxygen atoms in total. The Kier molecular flexibility index (Phi) is 3.42. The summed E-state index contributed by atoms with van der Waals surface area (Å²) in [4.78, 5) is 4.38. The zero-order chi connectivity index (χ0) is 15.3. The lowest BCUT2D eigenvalue weighted by Crippen LogP contribution is -2.41. The van der Waals surface area contributed by atoms with Crippen LogP contribution in [0.4, 0.5) is 0 Å². The molecule has 0 aromatic carbocycles. The largest absolute Gasteiger partial charge is 0.506 e. The molecule has 0 atom stereocenters. The zero-order valence-corrected chi connectivity index (χ0v) is 13.4. The second kappa shape index (κ2) is 4.47. The topological polar surface area (TPSA) is 51.6 Å². The van der Waals surface area contributed by atoms with E-state index < -0.39 is 18.3 Å². The van der Waals surface area contributed by atoms with E-state index in [-0.39, 0.29) is 11.2 Å². The van der Waals surface area contributed by atoms with Crippen LogP contribution in [0.1, 0.15) is 54.2 Å². The van der Waals surface area contributed by atoms with Gasteiger partial charge in [0.25, 0.3) is 0 Å². The number of rotatable bonds is 1. The van der Waals surface area contributed by atoms with E-state index in [1.807, 2.05) is 48.5 Å². The van der Waals surface area contributed by atoms with Crippen molar-refractivity contribution >= 4 is 12.6 Å². The lowest BCUT2D eigenvalue weighted by Gasteiger charge is -2.32. The van der Waals surface area contributed by atoms with Gasteiger partial charge in [0.2, 0.25) is 0 Å². The van der Waals surface area contributed by atoms with E-state index in [4.69, 9.17) is 9.31 Å². The Morgan fingerprint density at radius 3 is 2.00 bits per heavy atom. The van der Waals surface area contributed by atoms with Crippen molar-refractivity contribution in [2.75, 3.05) is 0 Å². The number of aromatic nitrogens is 1. The standard InChI is InChI=1S/C15H24BNO3/c1-13(2,3)12-11(18)8-10(9-17-12)16-19-14(4,5)15(6,7)20-16/h8-9,18H,1-7H3. The van der Waals surface area contributed by atoms with Gasteiger partial charge in [0, 0.05) is 17.1 Å². The Hall–Kier alpha value is -1.07. The van der Waals surface area contributed by atoms with Crippen molar-refractivity contribution in [2.24, 2.45) is 0 Å². The van der Waals surface area contributed by atoms with Gasteiger partial charge in [-0.25, -0.2) is 0 Å². The quantitative estimate of drug-likeness (QED) is 0.801. The lowest BCUT2D eigenvalue weighted by molar-refractivity contribution is 0.00578. The highest BCUT2D eigenvalue weighted by atomic mass is 16.7. The molecule has 2 rings (SSSR count). The first-order chi connectivity index (χ1) is 8.94. The molecule has 20 heavy (non-hydrogen) atoms. The molecule has 110 valence electrons. The third-order valence-corrected chi connectivity index (χ3v) is 4.12. The van der Waals surface area contributed by atoms with Gasteiger partial charge >= 0.3 is 7.12 Å². The monoisotopic (exact) mass is 277 g/mol. The molecule has 1 saturated heterocycles. The summed E-state index contributed by atoms with van der Waals surface area (Å²) in [6.45, 7) is 14.1. The summed E-state index contributed by atoms with van der Waals surface area (Å²) >= 11 is 0. The highest BCUT2D eigenvalue weighted by molar-refractivity contribution is 6.62. The van der Waals surface area contributed by atoms with Gasteiger partial charge in [0.1, 0.15) is 5.75 Å². The van der Waals surface area contributed by atoms with Crippen LogP contribution in [0, 0.1) is 0 Å². The van der Waals surface area contributed by atoms with Crippen molar-refractivity contribution in [3.05, 3.63) is 18.0 Å². The van der Waals surface area contributed by atoms with Crippen molar-refractivity contribution in [3.8, 4) is 5.75 Å². The smallest absolute Gasteiger partial charge is 0.496 e. The van der Waals surface area contributed by atoms with E-state index in [0.717, 1.165) is 5.46 Å². The molecular formula is C15H24BNO3. The second-order valence-electron chi connectivity index (χ2n) is 7.47. The minimum atomic E-state index is -0.493. The Morgan fingerprint density at radius 1 is 1.10 bits per heavy atom. The summed E-state index contributed by atoms with van der Waals surface area (Å²) in [6.07, 6.45) is 1.72. The molecule has 0 unspecified atom stereocenters. The molecule has 0 bridgehead atoms. The van der Waals surface area contributed by atoms with E-state index in [1.165, 1.54) is 0 Å². The van der Waals surface area contributed by atoms with Crippen molar-refractivity contribution in [3.63, 3.8) is 0 Å². The van der Waals surface area contributed by atoms with Crippen molar-refractivity contribution < 1.29 is 14.4 Å². The fourth-order valence-corrected chi connectivity index (χ4v) is 2.15. The summed E-state index contributed by atoms with van der Waals surface area (Å²) in [6, 6.07) is 1.69. The van der Waals surface area contributed by atoms with E-state index in [0.29, 0.717) is 5.69 Å². The molecule has 0 amide bonds. The third kappa shape index (κ3) is 2.57. The van der Waals surface area contributed by atoms with Crippen LogP contribution in [0.25, 0.3) is 0 Å². The average Bonchev–Trinajstić information content (AvgIpc) is 2.46. The van der Waals surface area contributed by atoms with Gasteiger partial charge in [-0.1, -0.05) is 20.8 Å². The van der Waals surface area contributed by atoms with Gasteiger partial charge in [-0.2, -0.15) is 0 Å². The summed E-state index contributed by atoms with van der Waals surface area (Å²) in [5.74, 6) is 0.185. The van der Waals surface area contributed by atoms with Crippen LogP contribution in [-0.4, -0.2) is 28.4 Å². The molecule has 1 aromatic rings. The van der Waals surface area contributed by atoms with Gasteiger partial charge < -0.3 is 14.4 Å². The fraction of sp³-hybridized carbons (Fsp3) is 0.667. The molecular weight excluding hydrogens is 253 g/mol. The number of pyridine rings is 1. The van der Waals surface area contributed by atoms with Crippen LogP contribution in [0.2, 0.25) is 0 Å². The first-order valence-corrected chi connectivity index (χ1v) is 6.99. The normalized spacial score (nSPS) is 21.2. The van der Waals surface area contributed by atoms with Crippen molar-refractivity contribution in [1.29, 1.82) is 0 Å². The van der Waals surface area contributed by atoms with Crippen LogP contribution < -0.4 is 5.46 Å². The lowest BCUT2D eigenvalue weighted by atomic mass is 9.79. The summed E-state index contributed by atoms with van der Waals surface area (Å²) in [7, 11) is -0.493. The molecule has 0 aliphatic carbocycles. The second-order valence-corrected chi connectivity index (χ2v) is 7.47. The SMILES string of the molecule is CC(C)(C)c1ncc(B2OC(C)(C)C(C)(C)O2)cc1O. The Balaban J connectivity index is 2.31. The zero-order valence-electron chi connectivity index (χ0n) is 13.4. The van der Waals surface area contributed by atoms with Crippen LogP contribution in [0.3, 0.4) is 0 Å². The minimum Gasteiger partial charge on any atom is -0.506 e. The molecule has 1 aromatic heterocycles. The van der Waals surface area contributed by atoms with E-state index in [1.54, 1.807) is 12.3 Å². The van der Waals surface area contributed by atoms with Crippen LogP contribution >= 0.6 is 0 Å². The summed E-state index contributed by atoms with van der Waals surface area (Å²) < 4.78 is 11.9. The number of hydrogen-bond acceptors (Lipinski definition) is 4. The van der Waals surface area contributed by atoms with E-state index >= 15 is 0 Å². The number of hydrogen-bond donors (Lipinski definition) is 1. The Bertz CT molecular complexity index is 504. The maximum Gasteiger partial charge on any atom is 0.496 e. The highest BCUT2D eigenvalue weighted by Gasteiger charge is 2.52. The summed E-state index contributed by atoms with van der Waals surface area (Å²) in [5.41, 5.74) is 0.441. The van der Waals surface area contributed by atoms with Crippen LogP contribution in [0.15, 0.2) is 12.3 Å². The van der Waals surface area contributed by atoms with Gasteiger partial charge in [-0.3, -0.25) is 4.98 Å². The number of aromatic hydroxyl groups is 1. The maximum absolute atomic E-state index is 10.2. The maximum atomic E-state index is 10.2. The average molecular weight is 277 g/mol. The molecule has 0 spiro atoms. The van der Waals surface area contributed by atoms with Crippen molar-refractivity contribution in [2.45, 2.75) is 65.1 Å². The van der Waals surface area contributed by atoms with Crippen LogP contribution in [0.5, 0.6) is 5.75 Å². The highest BCUT2D eigenvalue weighted by Crippen LogP contribution is 2.37. The Labute approximate surface area is 121 Å². The predicted octanol–water partition coefficient (Wildman–Crippen LogP) is 2.38. The molecule has 5 heteroatoms. The van der Waals surface area contributed by atoms with Gasteiger partial charge in [-0.15, -0.1) is 0 Å². The first kappa shape index (κ1) is 15.3. The fourth-order valence-electron chi connectivity index (χ4n) is 2.15. The molecule has 2 heterocycles. The number of nitrogens with zero attached hydrogens (tertiary/aromatic N) is 1. The first-order valence-electron chi connectivity index (χ1n) is 6.99. The molecule has 1 aliphatic heterocycles. The molecule has 1 aliphatic rings. The molecule has 0 radical (unpaired) electrons. The van der Waals surface area contributed by atoms with E-state index in [9.17, 15) is 5.11 Å². The van der Waals surface area contributed by atoms with Gasteiger partial charge in [0.05, 0.1) is 16.9 Å². The van der Waals surface area contributed by atoms with E-state index in [2.05, 4.69) is 4.98 Å². The van der Waals surface area contributed by atoms with Crippen LogP contribution in [-0.2, 0) is 14.7 Å². The molecule has 1 fully saturated rings. The minimum absolute atomic E-state index is 0.185. The predicted molar refractivity (Wildman–Crippen MR) is 80.3 cm³/mol.